The first-order valence-corrected chi connectivity index (χ1v) is 4.42. The molecule has 4 nitrogen and oxygen atoms in total. The minimum atomic E-state index is -0.977. The van der Waals surface area contributed by atoms with Gasteiger partial charge < -0.3 is 15.2 Å². The van der Waals surface area contributed by atoms with Crippen LogP contribution in [0.5, 0.6) is 0 Å². The molecule has 0 rings (SSSR count). The van der Waals surface area contributed by atoms with Gasteiger partial charge in [0.2, 0.25) is 0 Å². The molecule has 0 spiro atoms. The first-order chi connectivity index (χ1) is 5.92. The van der Waals surface area contributed by atoms with Crippen molar-refractivity contribution in [3.63, 3.8) is 0 Å². The van der Waals surface area contributed by atoms with Gasteiger partial charge in [-0.15, -0.1) is 0 Å². The average Bonchev–Trinajstić information content (AvgIpc) is 2.03. The lowest BCUT2D eigenvalue weighted by Crippen LogP contribution is -2.51. The van der Waals surface area contributed by atoms with Gasteiger partial charge in [-0.1, -0.05) is 13.8 Å². The van der Waals surface area contributed by atoms with E-state index in [1.807, 2.05) is 13.8 Å². The SMILES string of the molecule is CNC(C)(COCC(C)C)C(=O)O. The minimum Gasteiger partial charge on any atom is -0.480 e. The topological polar surface area (TPSA) is 58.6 Å². The lowest BCUT2D eigenvalue weighted by molar-refractivity contribution is -0.146. The lowest BCUT2D eigenvalue weighted by Gasteiger charge is -2.24. The lowest BCUT2D eigenvalue weighted by atomic mass is 10.1. The van der Waals surface area contributed by atoms with E-state index in [0.29, 0.717) is 12.5 Å². The Balaban J connectivity index is 3.92. The smallest absolute Gasteiger partial charge is 0.326 e. The minimum absolute atomic E-state index is 0.191. The zero-order chi connectivity index (χ0) is 10.5. The molecule has 13 heavy (non-hydrogen) atoms. The summed E-state index contributed by atoms with van der Waals surface area (Å²) in [5, 5.41) is 11.6. The third-order valence-corrected chi connectivity index (χ3v) is 1.87. The summed E-state index contributed by atoms with van der Waals surface area (Å²) in [4.78, 5) is 10.8. The van der Waals surface area contributed by atoms with E-state index in [1.165, 1.54) is 0 Å². The second kappa shape index (κ2) is 5.19. The standard InChI is InChI=1S/C9H19NO3/c1-7(2)5-13-6-9(3,10-4)8(11)12/h7,10H,5-6H2,1-4H3,(H,11,12). The summed E-state index contributed by atoms with van der Waals surface area (Å²) < 4.78 is 5.27. The van der Waals surface area contributed by atoms with Gasteiger partial charge in [0.1, 0.15) is 5.54 Å². The molecule has 4 heteroatoms. The molecule has 0 aromatic rings. The summed E-state index contributed by atoms with van der Waals surface area (Å²) in [6.45, 7) is 6.44. The molecular formula is C9H19NO3. The van der Waals surface area contributed by atoms with Crippen molar-refractivity contribution in [3.8, 4) is 0 Å². The van der Waals surface area contributed by atoms with E-state index in [2.05, 4.69) is 5.32 Å². The maximum absolute atomic E-state index is 10.8. The molecule has 0 aliphatic heterocycles. The molecule has 78 valence electrons. The van der Waals surface area contributed by atoms with Gasteiger partial charge in [-0.3, -0.25) is 4.79 Å². The maximum Gasteiger partial charge on any atom is 0.326 e. The van der Waals surface area contributed by atoms with E-state index >= 15 is 0 Å². The Kier molecular flexibility index (Phi) is 4.95. The largest absolute Gasteiger partial charge is 0.480 e. The fourth-order valence-electron chi connectivity index (χ4n) is 0.740. The van der Waals surface area contributed by atoms with Crippen LogP contribution >= 0.6 is 0 Å². The van der Waals surface area contributed by atoms with Gasteiger partial charge in [-0.2, -0.15) is 0 Å². The van der Waals surface area contributed by atoms with Crippen LogP contribution in [-0.4, -0.2) is 36.9 Å². The number of nitrogens with one attached hydrogen (secondary N) is 1. The van der Waals surface area contributed by atoms with Crippen molar-refractivity contribution in [1.29, 1.82) is 0 Å². The number of ether oxygens (including phenoxy) is 1. The van der Waals surface area contributed by atoms with Crippen molar-refractivity contribution in [2.24, 2.45) is 5.92 Å². The summed E-state index contributed by atoms with van der Waals surface area (Å²) in [5.41, 5.74) is -0.977. The monoisotopic (exact) mass is 189 g/mol. The number of hydrogen-bond acceptors (Lipinski definition) is 3. The first kappa shape index (κ1) is 12.4. The second-order valence-electron chi connectivity index (χ2n) is 3.80. The molecule has 0 aliphatic carbocycles. The molecule has 0 fully saturated rings. The van der Waals surface area contributed by atoms with Crippen LogP contribution in [0.3, 0.4) is 0 Å². The van der Waals surface area contributed by atoms with Crippen molar-refractivity contribution in [2.45, 2.75) is 26.3 Å². The molecule has 0 aliphatic rings. The van der Waals surface area contributed by atoms with Crippen molar-refractivity contribution in [3.05, 3.63) is 0 Å². The van der Waals surface area contributed by atoms with Gasteiger partial charge in [0.05, 0.1) is 6.61 Å². The fourth-order valence-corrected chi connectivity index (χ4v) is 0.740. The Morgan fingerprint density at radius 1 is 1.62 bits per heavy atom. The van der Waals surface area contributed by atoms with E-state index in [0.717, 1.165) is 0 Å². The Morgan fingerprint density at radius 2 is 2.15 bits per heavy atom. The predicted octanol–water partition coefficient (Wildman–Crippen LogP) is 0.722. The summed E-state index contributed by atoms with van der Waals surface area (Å²) in [7, 11) is 1.62. The number of hydrogen-bond donors (Lipinski definition) is 2. The Hall–Kier alpha value is -0.610. The second-order valence-corrected chi connectivity index (χ2v) is 3.80. The number of aliphatic carboxylic acids is 1. The average molecular weight is 189 g/mol. The third kappa shape index (κ3) is 4.24. The first-order valence-electron chi connectivity index (χ1n) is 4.42. The number of likely N-dealkylation sites (N-methyl/N-ethyl adjacent to an activating group) is 1. The van der Waals surface area contributed by atoms with Gasteiger partial charge in [0, 0.05) is 6.61 Å². The molecule has 0 bridgehead atoms. The molecule has 0 saturated carbocycles. The molecule has 0 heterocycles. The van der Waals surface area contributed by atoms with E-state index in [4.69, 9.17) is 9.84 Å². The molecule has 0 aromatic carbocycles. The maximum atomic E-state index is 10.8. The highest BCUT2D eigenvalue weighted by Crippen LogP contribution is 2.05. The molecule has 0 aromatic heterocycles. The van der Waals surface area contributed by atoms with Gasteiger partial charge >= 0.3 is 5.97 Å². The zero-order valence-electron chi connectivity index (χ0n) is 8.76. The summed E-state index contributed by atoms with van der Waals surface area (Å²) in [5.74, 6) is -0.464. The zero-order valence-corrected chi connectivity index (χ0v) is 8.76. The highest BCUT2D eigenvalue weighted by atomic mass is 16.5. The highest BCUT2D eigenvalue weighted by molar-refractivity contribution is 5.78. The van der Waals surface area contributed by atoms with E-state index < -0.39 is 11.5 Å². The summed E-state index contributed by atoms with van der Waals surface area (Å²) in [6.07, 6.45) is 0. The third-order valence-electron chi connectivity index (χ3n) is 1.87. The molecule has 0 saturated heterocycles. The Bertz CT molecular complexity index is 170. The highest BCUT2D eigenvalue weighted by Gasteiger charge is 2.31. The van der Waals surface area contributed by atoms with Crippen molar-refractivity contribution in [1.82, 2.24) is 5.32 Å². The van der Waals surface area contributed by atoms with Crippen LogP contribution < -0.4 is 5.32 Å². The molecule has 0 radical (unpaired) electrons. The van der Waals surface area contributed by atoms with Crippen molar-refractivity contribution < 1.29 is 14.6 Å². The number of carboxylic acid groups (broad SMARTS) is 1. The van der Waals surface area contributed by atoms with Gasteiger partial charge in [0.15, 0.2) is 0 Å². The van der Waals surface area contributed by atoms with Crippen LogP contribution in [0.25, 0.3) is 0 Å². The molecule has 1 unspecified atom stereocenters. The van der Waals surface area contributed by atoms with Crippen LogP contribution in [0.15, 0.2) is 0 Å². The number of rotatable bonds is 6. The van der Waals surface area contributed by atoms with Gasteiger partial charge in [0.25, 0.3) is 0 Å². The fraction of sp³-hybridized carbons (Fsp3) is 0.889. The van der Waals surface area contributed by atoms with Crippen molar-refractivity contribution in [2.75, 3.05) is 20.3 Å². The summed E-state index contributed by atoms with van der Waals surface area (Å²) in [6, 6.07) is 0. The quantitative estimate of drug-likeness (QED) is 0.646. The predicted molar refractivity (Wildman–Crippen MR) is 50.8 cm³/mol. The summed E-state index contributed by atoms with van der Waals surface area (Å²) >= 11 is 0. The van der Waals surface area contributed by atoms with E-state index in [-0.39, 0.29) is 6.61 Å². The van der Waals surface area contributed by atoms with Crippen molar-refractivity contribution >= 4 is 5.97 Å². The van der Waals surface area contributed by atoms with Crippen LogP contribution in [0.4, 0.5) is 0 Å². The van der Waals surface area contributed by atoms with Crippen LogP contribution in [0, 0.1) is 5.92 Å². The van der Waals surface area contributed by atoms with E-state index in [1.54, 1.807) is 14.0 Å². The molecule has 0 amide bonds. The number of carbonyl (C=O) groups is 1. The van der Waals surface area contributed by atoms with Gasteiger partial charge in [-0.05, 0) is 19.9 Å². The van der Waals surface area contributed by atoms with E-state index in [9.17, 15) is 4.79 Å². The Morgan fingerprint density at radius 3 is 2.46 bits per heavy atom. The molecular weight excluding hydrogens is 170 g/mol. The van der Waals surface area contributed by atoms with Crippen LogP contribution in [0.2, 0.25) is 0 Å². The number of carboxylic acids is 1. The molecule has 2 N–H and O–H groups in total. The molecule has 1 atom stereocenters. The van der Waals surface area contributed by atoms with Gasteiger partial charge in [-0.25, -0.2) is 0 Å². The van der Waals surface area contributed by atoms with Crippen LogP contribution in [-0.2, 0) is 9.53 Å². The Labute approximate surface area is 79.3 Å². The van der Waals surface area contributed by atoms with Crippen LogP contribution in [0.1, 0.15) is 20.8 Å². The normalized spacial score (nSPS) is 15.8.